The Bertz CT molecular complexity index is 1590. The van der Waals surface area contributed by atoms with Crippen LogP contribution in [0.4, 0.5) is 18.0 Å². The Morgan fingerprint density at radius 1 is 0.905 bits per heavy atom. The Kier molecular flexibility index (Phi) is 10.1. The fourth-order valence-electron chi connectivity index (χ4n) is 3.84. The van der Waals surface area contributed by atoms with E-state index < -0.39 is 40.8 Å². The van der Waals surface area contributed by atoms with Gasteiger partial charge in [-0.1, -0.05) is 48.4 Å². The van der Waals surface area contributed by atoms with Gasteiger partial charge in [-0.15, -0.1) is 0 Å². The van der Waals surface area contributed by atoms with Crippen molar-refractivity contribution in [3.8, 4) is 17.2 Å². The van der Waals surface area contributed by atoms with Crippen molar-refractivity contribution in [3.63, 3.8) is 0 Å². The Morgan fingerprint density at radius 2 is 1.62 bits per heavy atom. The third kappa shape index (κ3) is 8.50. The minimum absolute atomic E-state index is 0.0299. The Morgan fingerprint density at radius 3 is 2.33 bits per heavy atom. The number of amides is 1. The molecule has 0 radical (unpaired) electrons. The second-order valence-corrected chi connectivity index (χ2v) is 9.51. The van der Waals surface area contributed by atoms with Crippen LogP contribution in [-0.4, -0.2) is 18.6 Å². The number of nitrogens with one attached hydrogen (secondary N) is 1. The lowest BCUT2D eigenvalue weighted by molar-refractivity contribution is -0.154. The first kappa shape index (κ1) is 30.4. The van der Waals surface area contributed by atoms with Crippen LogP contribution in [0.2, 0.25) is 5.02 Å². The van der Waals surface area contributed by atoms with Gasteiger partial charge in [-0.25, -0.2) is 4.79 Å². The molecule has 1 N–H and O–H groups in total. The standard InChI is InChI=1S/C30H25ClF3NO7/c31-20-10-12-21(13-11-20)41-27-26(37)23-15-14-22(17-24(23)42-28(27)30(32,33)34)40-25(36)9-5-2-6-16-35-29(38)39-18-19-7-3-1-4-8-19/h1,3-4,7-8,10-15,17H,2,5-6,9,16,18H2,(H,35,38). The predicted octanol–water partition coefficient (Wildman–Crippen LogP) is 7.65. The molecule has 1 amide bonds. The van der Waals surface area contributed by atoms with Crippen molar-refractivity contribution in [1.82, 2.24) is 5.32 Å². The van der Waals surface area contributed by atoms with Crippen LogP contribution in [0.25, 0.3) is 11.0 Å². The highest BCUT2D eigenvalue weighted by Crippen LogP contribution is 2.38. The molecule has 0 saturated heterocycles. The van der Waals surface area contributed by atoms with Crippen LogP contribution < -0.4 is 20.2 Å². The number of alkyl halides is 3. The smallest absolute Gasteiger partial charge is 0.449 e. The topological polar surface area (TPSA) is 104 Å². The van der Waals surface area contributed by atoms with E-state index in [9.17, 15) is 27.6 Å². The van der Waals surface area contributed by atoms with Gasteiger partial charge in [-0.05, 0) is 54.8 Å². The summed E-state index contributed by atoms with van der Waals surface area (Å²) in [6.45, 7) is 0.518. The maximum absolute atomic E-state index is 13.8. The molecule has 1 heterocycles. The third-order valence-electron chi connectivity index (χ3n) is 5.88. The molecule has 0 bridgehead atoms. The summed E-state index contributed by atoms with van der Waals surface area (Å²) in [5.74, 6) is -3.40. The monoisotopic (exact) mass is 603 g/mol. The Labute approximate surface area is 242 Å². The van der Waals surface area contributed by atoms with Crippen molar-refractivity contribution in [2.75, 3.05) is 6.54 Å². The van der Waals surface area contributed by atoms with E-state index in [-0.39, 0.29) is 29.9 Å². The molecule has 1 aromatic heterocycles. The van der Waals surface area contributed by atoms with Crippen LogP contribution in [-0.2, 0) is 22.3 Å². The number of unbranched alkanes of at least 4 members (excludes halogenated alkanes) is 2. The summed E-state index contributed by atoms with van der Waals surface area (Å²) in [5.41, 5.74) is -0.603. The van der Waals surface area contributed by atoms with Gasteiger partial charge in [-0.2, -0.15) is 13.2 Å². The van der Waals surface area contributed by atoms with Crippen LogP contribution >= 0.6 is 11.6 Å². The zero-order chi connectivity index (χ0) is 30.1. The molecule has 8 nitrogen and oxygen atoms in total. The van der Waals surface area contributed by atoms with Gasteiger partial charge >= 0.3 is 18.2 Å². The van der Waals surface area contributed by atoms with Gasteiger partial charge in [0.2, 0.25) is 11.2 Å². The summed E-state index contributed by atoms with van der Waals surface area (Å²) >= 11 is 5.79. The number of ether oxygens (including phenoxy) is 3. The van der Waals surface area contributed by atoms with Gasteiger partial charge < -0.3 is 23.9 Å². The fourth-order valence-corrected chi connectivity index (χ4v) is 3.96. The molecular formula is C30H25ClF3NO7. The van der Waals surface area contributed by atoms with Crippen molar-refractivity contribution >= 4 is 34.6 Å². The van der Waals surface area contributed by atoms with Gasteiger partial charge in [0, 0.05) is 24.1 Å². The minimum Gasteiger partial charge on any atom is -0.449 e. The van der Waals surface area contributed by atoms with E-state index in [0.717, 1.165) is 11.6 Å². The van der Waals surface area contributed by atoms with Gasteiger partial charge in [0.25, 0.3) is 5.76 Å². The summed E-state index contributed by atoms with van der Waals surface area (Å²) in [7, 11) is 0. The molecule has 42 heavy (non-hydrogen) atoms. The Hall–Kier alpha value is -4.51. The van der Waals surface area contributed by atoms with E-state index >= 15 is 0 Å². The number of alkyl carbamates (subject to hydrolysis) is 1. The molecule has 0 fully saturated rings. The number of fused-ring (bicyclic) bond motifs is 1. The number of rotatable bonds is 11. The number of carbonyl (C=O) groups excluding carboxylic acids is 2. The number of benzene rings is 3. The molecule has 0 aliphatic carbocycles. The maximum atomic E-state index is 13.8. The van der Waals surface area contributed by atoms with E-state index in [1.54, 1.807) is 0 Å². The summed E-state index contributed by atoms with van der Waals surface area (Å²) in [6, 6.07) is 18.2. The molecule has 0 spiro atoms. The van der Waals surface area contributed by atoms with Gasteiger partial charge in [0.15, 0.2) is 0 Å². The second kappa shape index (κ2) is 13.9. The zero-order valence-corrected chi connectivity index (χ0v) is 22.8. The van der Waals surface area contributed by atoms with Crippen molar-refractivity contribution in [2.45, 2.75) is 38.5 Å². The first-order valence-corrected chi connectivity index (χ1v) is 13.2. The first-order chi connectivity index (χ1) is 20.1. The van der Waals surface area contributed by atoms with Crippen molar-refractivity contribution in [3.05, 3.63) is 99.4 Å². The average Bonchev–Trinajstić information content (AvgIpc) is 2.96. The van der Waals surface area contributed by atoms with Crippen LogP contribution in [0.5, 0.6) is 17.2 Å². The normalized spacial score (nSPS) is 11.2. The van der Waals surface area contributed by atoms with E-state index in [1.165, 1.54) is 36.4 Å². The van der Waals surface area contributed by atoms with E-state index in [2.05, 4.69) is 5.32 Å². The minimum atomic E-state index is -5.05. The summed E-state index contributed by atoms with van der Waals surface area (Å²) in [5, 5.41) is 2.77. The number of esters is 1. The second-order valence-electron chi connectivity index (χ2n) is 9.07. The maximum Gasteiger partial charge on any atom is 0.453 e. The van der Waals surface area contributed by atoms with Gasteiger partial charge in [0.1, 0.15) is 23.7 Å². The molecule has 220 valence electrons. The molecule has 12 heteroatoms. The highest BCUT2D eigenvalue weighted by atomic mass is 35.5. The number of carbonyl (C=O) groups is 2. The molecule has 0 aliphatic rings. The van der Waals surface area contributed by atoms with Gasteiger partial charge in [-0.3, -0.25) is 9.59 Å². The van der Waals surface area contributed by atoms with Crippen LogP contribution in [0.3, 0.4) is 0 Å². The molecule has 3 aromatic carbocycles. The lowest BCUT2D eigenvalue weighted by atomic mass is 10.2. The zero-order valence-electron chi connectivity index (χ0n) is 22.0. The van der Waals surface area contributed by atoms with Crippen LogP contribution in [0.15, 0.2) is 82.0 Å². The van der Waals surface area contributed by atoms with Gasteiger partial charge in [0.05, 0.1) is 5.39 Å². The first-order valence-electron chi connectivity index (χ1n) is 12.9. The largest absolute Gasteiger partial charge is 0.453 e. The molecule has 0 saturated carbocycles. The number of hydrogen-bond acceptors (Lipinski definition) is 7. The molecule has 0 unspecified atom stereocenters. The summed E-state index contributed by atoms with van der Waals surface area (Å²) < 4.78 is 61.9. The van der Waals surface area contributed by atoms with Crippen molar-refractivity contribution < 1.29 is 41.4 Å². The highest BCUT2D eigenvalue weighted by Gasteiger charge is 2.40. The number of halogens is 4. The highest BCUT2D eigenvalue weighted by molar-refractivity contribution is 6.30. The van der Waals surface area contributed by atoms with Crippen molar-refractivity contribution in [1.29, 1.82) is 0 Å². The van der Waals surface area contributed by atoms with Crippen molar-refractivity contribution in [2.24, 2.45) is 0 Å². The molecule has 4 aromatic rings. The SMILES string of the molecule is O=C(CCCCCNC(=O)OCc1ccccc1)Oc1ccc2c(=O)c(Oc3ccc(Cl)cc3)c(C(F)(F)F)oc2c1. The quantitative estimate of drug-likeness (QED) is 0.107. The summed E-state index contributed by atoms with van der Waals surface area (Å²) in [6.07, 6.45) is -3.91. The molecule has 4 rings (SSSR count). The van der Waals surface area contributed by atoms with E-state index in [1.807, 2.05) is 30.3 Å². The molecule has 0 aliphatic heterocycles. The summed E-state index contributed by atoms with van der Waals surface area (Å²) in [4.78, 5) is 36.9. The molecular weight excluding hydrogens is 579 g/mol. The van der Waals surface area contributed by atoms with Crippen LogP contribution in [0, 0.1) is 0 Å². The Balaban J connectivity index is 1.29. The fraction of sp³-hybridized carbons (Fsp3) is 0.233. The van der Waals surface area contributed by atoms with Crippen LogP contribution in [0.1, 0.15) is 37.0 Å². The molecule has 0 atom stereocenters. The lowest BCUT2D eigenvalue weighted by Crippen LogP contribution is -2.25. The number of hydrogen-bond donors (Lipinski definition) is 1. The average molecular weight is 604 g/mol. The van der Waals surface area contributed by atoms with E-state index in [0.29, 0.717) is 30.8 Å². The lowest BCUT2D eigenvalue weighted by Gasteiger charge is -2.13. The van der Waals surface area contributed by atoms with E-state index in [4.69, 9.17) is 30.2 Å². The third-order valence-corrected chi connectivity index (χ3v) is 6.14. The predicted molar refractivity (Wildman–Crippen MR) is 148 cm³/mol.